The van der Waals surface area contributed by atoms with Crippen molar-refractivity contribution in [2.45, 2.75) is 6.17 Å². The Hall–Kier alpha value is -7.05. The Morgan fingerprint density at radius 2 is 1.20 bits per heavy atom. The first kappa shape index (κ1) is 29.4. The Kier molecular flexibility index (Phi) is 5.76. The van der Waals surface area contributed by atoms with Gasteiger partial charge < -0.3 is 4.57 Å². The Labute approximate surface area is 316 Å². The zero-order chi connectivity index (χ0) is 35.8. The minimum Gasteiger partial charge on any atom is -0.309 e. The quantitative estimate of drug-likeness (QED) is 0.172. The molecule has 13 rings (SSSR count). The molecular formula is C50H33N5+2. The normalized spacial score (nSPS) is 16.4. The average molecular weight is 704 g/mol. The standard InChI is InChI=1S/C50H31N5/c1-2-11-32(12-3-1)53-44-20-9-5-14-35(44)39-27-30(22-25-45(39)53)31-21-24-36-34-13-4-8-19-43(34)54(47(36)28-31)33-23-26-46-40(29-33)37-15-10-16-38-48-50(55(46)49(37)38)52-42-18-7-6-17-41(42)51-48/h1-29,50,52H/p+2. The molecule has 5 heterocycles. The summed E-state index contributed by atoms with van der Waals surface area (Å²) in [5, 5.41) is 7.49. The molecule has 0 radical (unpaired) electrons. The molecule has 256 valence electrons. The molecule has 55 heavy (non-hydrogen) atoms. The van der Waals surface area contributed by atoms with Crippen LogP contribution in [0.2, 0.25) is 0 Å². The molecule has 5 nitrogen and oxygen atoms in total. The van der Waals surface area contributed by atoms with E-state index in [1.165, 1.54) is 105 Å². The third-order valence-electron chi connectivity index (χ3n) is 12.3. The van der Waals surface area contributed by atoms with Crippen LogP contribution in [0.15, 0.2) is 181 Å². The first-order valence-corrected chi connectivity index (χ1v) is 19.1. The van der Waals surface area contributed by atoms with E-state index >= 15 is 0 Å². The lowest BCUT2D eigenvalue weighted by Gasteiger charge is -2.20. The predicted octanol–water partition coefficient (Wildman–Crippen LogP) is 10.6. The van der Waals surface area contributed by atoms with Crippen LogP contribution in [0.3, 0.4) is 0 Å². The fraction of sp³-hybridized carbons (Fsp3) is 0.0200. The molecule has 3 N–H and O–H groups in total. The lowest BCUT2D eigenvalue weighted by Crippen LogP contribution is -2.95. The zero-order valence-corrected chi connectivity index (χ0v) is 29.7. The van der Waals surface area contributed by atoms with E-state index < -0.39 is 0 Å². The molecule has 0 saturated carbocycles. The largest absolute Gasteiger partial charge is 0.309 e. The summed E-state index contributed by atoms with van der Waals surface area (Å²) in [7, 11) is 0. The van der Waals surface area contributed by atoms with E-state index in [1.54, 1.807) is 0 Å². The summed E-state index contributed by atoms with van der Waals surface area (Å²) in [5.74, 6) is 0. The van der Waals surface area contributed by atoms with Gasteiger partial charge in [-0.05, 0) is 65.7 Å². The molecule has 0 saturated heterocycles. The van der Waals surface area contributed by atoms with Gasteiger partial charge in [-0.2, -0.15) is 0 Å². The van der Waals surface area contributed by atoms with Crippen molar-refractivity contribution >= 4 is 77.8 Å². The van der Waals surface area contributed by atoms with Gasteiger partial charge in [-0.3, -0.25) is 9.88 Å². The van der Waals surface area contributed by atoms with Gasteiger partial charge in [0, 0.05) is 74.3 Å². The maximum atomic E-state index is 5.20. The van der Waals surface area contributed by atoms with Crippen molar-refractivity contribution in [2.75, 3.05) is 0 Å². The Bertz CT molecular complexity index is 3310. The number of benzene rings is 8. The number of nitrogens with zero attached hydrogens (tertiary/aromatic N) is 3. The molecular weight excluding hydrogens is 671 g/mol. The summed E-state index contributed by atoms with van der Waals surface area (Å²) in [4.78, 5) is 6.49. The number of quaternary nitrogens is 2. The van der Waals surface area contributed by atoms with Crippen LogP contribution in [0.4, 0.5) is 28.4 Å². The summed E-state index contributed by atoms with van der Waals surface area (Å²) >= 11 is 0. The number of nitrogens with two attached hydrogens (primary N) is 1. The highest BCUT2D eigenvalue weighted by atomic mass is 15.2. The van der Waals surface area contributed by atoms with Gasteiger partial charge in [-0.1, -0.05) is 91.0 Å². The molecule has 0 fully saturated rings. The van der Waals surface area contributed by atoms with Crippen molar-refractivity contribution in [3.63, 3.8) is 0 Å². The number of hydrogen-bond acceptors (Lipinski definition) is 1. The van der Waals surface area contributed by atoms with E-state index in [9.17, 15) is 0 Å². The summed E-state index contributed by atoms with van der Waals surface area (Å²) in [6.07, 6.45) is 0.0837. The summed E-state index contributed by atoms with van der Waals surface area (Å²) in [6.45, 7) is 0. The molecule has 0 spiro atoms. The third-order valence-corrected chi connectivity index (χ3v) is 12.3. The monoisotopic (exact) mass is 703 g/mol. The van der Waals surface area contributed by atoms with Gasteiger partial charge in [0.15, 0.2) is 5.69 Å². The van der Waals surface area contributed by atoms with Crippen LogP contribution >= 0.6 is 0 Å². The lowest BCUT2D eigenvalue weighted by molar-refractivity contribution is -0.676. The van der Waals surface area contributed by atoms with Crippen molar-refractivity contribution in [3.8, 4) is 27.9 Å². The first-order chi connectivity index (χ1) is 27.3. The molecule has 0 amide bonds. The van der Waals surface area contributed by atoms with Gasteiger partial charge in [0.05, 0.1) is 22.1 Å². The fourth-order valence-electron chi connectivity index (χ4n) is 9.91. The Balaban J connectivity index is 0.970. The van der Waals surface area contributed by atoms with E-state index in [2.05, 4.69) is 190 Å². The molecule has 2 unspecified atom stereocenters. The van der Waals surface area contributed by atoms with Crippen molar-refractivity contribution in [1.29, 1.82) is 0 Å². The number of nitrogens with one attached hydrogen (secondary N) is 1. The molecule has 0 bridgehead atoms. The van der Waals surface area contributed by atoms with Crippen LogP contribution in [0.5, 0.6) is 0 Å². The van der Waals surface area contributed by atoms with Gasteiger partial charge >= 0.3 is 0 Å². The van der Waals surface area contributed by atoms with Gasteiger partial charge in [-0.15, -0.1) is 0 Å². The first-order valence-electron chi connectivity index (χ1n) is 19.1. The number of hydrogen-bond donors (Lipinski definition) is 2. The third kappa shape index (κ3) is 3.95. The highest BCUT2D eigenvalue weighted by Crippen LogP contribution is 2.45. The van der Waals surface area contributed by atoms with E-state index in [0.29, 0.717) is 0 Å². The number of aliphatic imine (C=N–C) groups is 1. The van der Waals surface area contributed by atoms with Gasteiger partial charge in [0.2, 0.25) is 6.17 Å². The SMILES string of the molecule is c1ccc(-n2c3ccccc3c3cc(-c4ccc5c(c4)[NH+](c4ccc6c(c4)c4cccc7c4n6C4[NH2+]c6ccccc6N=C74)c4ccccc4-5)ccc32)cc1. The Morgan fingerprint density at radius 1 is 0.491 bits per heavy atom. The van der Waals surface area contributed by atoms with E-state index in [0.717, 1.165) is 11.4 Å². The van der Waals surface area contributed by atoms with Crippen LogP contribution < -0.4 is 10.2 Å². The van der Waals surface area contributed by atoms with Crippen LogP contribution in [0.1, 0.15) is 11.7 Å². The highest BCUT2D eigenvalue weighted by molar-refractivity contribution is 6.23. The average Bonchev–Trinajstić information content (AvgIpc) is 3.96. The number of aromatic nitrogens is 2. The smallest absolute Gasteiger partial charge is 0.215 e. The molecule has 3 aliphatic heterocycles. The van der Waals surface area contributed by atoms with E-state index in [4.69, 9.17) is 4.99 Å². The topological polar surface area (TPSA) is 43.3 Å². The maximum absolute atomic E-state index is 5.20. The second-order valence-corrected chi connectivity index (χ2v) is 15.1. The molecule has 0 aliphatic carbocycles. The molecule has 8 aromatic carbocycles. The molecule has 3 aliphatic rings. The van der Waals surface area contributed by atoms with Gasteiger partial charge in [0.25, 0.3) is 0 Å². The van der Waals surface area contributed by atoms with Crippen LogP contribution in [0, 0.1) is 0 Å². The van der Waals surface area contributed by atoms with Crippen molar-refractivity contribution in [1.82, 2.24) is 9.13 Å². The number of para-hydroxylation sites is 6. The zero-order valence-electron chi connectivity index (χ0n) is 29.7. The molecule has 2 atom stereocenters. The van der Waals surface area contributed by atoms with Crippen molar-refractivity contribution in [2.24, 2.45) is 4.99 Å². The summed E-state index contributed by atoms with van der Waals surface area (Å²) in [5.41, 5.74) is 19.6. The van der Waals surface area contributed by atoms with Crippen LogP contribution in [0.25, 0.3) is 71.6 Å². The summed E-state index contributed by atoms with van der Waals surface area (Å²) < 4.78 is 4.90. The predicted molar refractivity (Wildman–Crippen MR) is 224 cm³/mol. The van der Waals surface area contributed by atoms with Crippen molar-refractivity contribution < 1.29 is 10.2 Å². The van der Waals surface area contributed by atoms with E-state index in [-0.39, 0.29) is 6.17 Å². The second-order valence-electron chi connectivity index (χ2n) is 15.1. The van der Waals surface area contributed by atoms with Crippen LogP contribution in [-0.4, -0.2) is 14.8 Å². The molecule has 5 heteroatoms. The highest BCUT2D eigenvalue weighted by Gasteiger charge is 2.40. The second kappa shape index (κ2) is 10.8. The maximum Gasteiger partial charge on any atom is 0.215 e. The molecule has 10 aromatic rings. The minimum absolute atomic E-state index is 0.0837. The number of rotatable bonds is 3. The van der Waals surface area contributed by atoms with Crippen molar-refractivity contribution in [3.05, 3.63) is 181 Å². The lowest BCUT2D eigenvalue weighted by atomic mass is 9.98. The Morgan fingerprint density at radius 3 is 2.16 bits per heavy atom. The number of fused-ring (bicyclic) bond motifs is 13. The van der Waals surface area contributed by atoms with Gasteiger partial charge in [-0.25, -0.2) is 9.89 Å². The minimum atomic E-state index is 0.0837. The van der Waals surface area contributed by atoms with Crippen LogP contribution in [-0.2, 0) is 0 Å². The van der Waals surface area contributed by atoms with Gasteiger partial charge in [0.1, 0.15) is 28.5 Å². The molecule has 2 aromatic heterocycles. The summed E-state index contributed by atoms with van der Waals surface area (Å²) in [6, 6.07) is 64.7. The fourth-order valence-corrected chi connectivity index (χ4v) is 9.91. The van der Waals surface area contributed by atoms with E-state index in [1.807, 2.05) is 0 Å².